The largest absolute Gasteiger partial charge is 0.412 e. The van der Waals surface area contributed by atoms with Crippen molar-refractivity contribution in [3.8, 4) is 0 Å². The van der Waals surface area contributed by atoms with E-state index in [1.165, 1.54) is 6.08 Å². The van der Waals surface area contributed by atoms with E-state index in [4.69, 9.17) is 11.5 Å². The number of nitrogens with two attached hydrogens (primary N) is 2. The Morgan fingerprint density at radius 3 is 1.92 bits per heavy atom. The van der Waals surface area contributed by atoms with E-state index >= 15 is 0 Å². The van der Waals surface area contributed by atoms with Crippen molar-refractivity contribution in [3.63, 3.8) is 0 Å². The summed E-state index contributed by atoms with van der Waals surface area (Å²) in [7, 11) is 0. The first-order valence-corrected chi connectivity index (χ1v) is 7.33. The SMILES string of the molecule is CC(C)=CC1(N)C(=O)OC(=O)C1N.CC(C)=CC1CC(=O)OC1=O.O. The van der Waals surface area contributed by atoms with Crippen LogP contribution >= 0.6 is 0 Å². The standard InChI is InChI=1S/C8H12N2O3.C8H10O3.H2O/c1-4(2)3-8(10)5(9)6(11)13-7(8)12;1-5(2)3-6-4-7(9)11-8(6)10;/h3,5H,9-10H2,1-2H3;3,6H,4H2,1-2H3;1H2. The van der Waals surface area contributed by atoms with Crippen LogP contribution in [-0.4, -0.2) is 40.9 Å². The molecule has 2 fully saturated rings. The molecule has 0 radical (unpaired) electrons. The van der Waals surface area contributed by atoms with Crippen molar-refractivity contribution in [2.75, 3.05) is 0 Å². The van der Waals surface area contributed by atoms with Crippen LogP contribution in [-0.2, 0) is 28.7 Å². The number of hydrogen-bond acceptors (Lipinski definition) is 8. The summed E-state index contributed by atoms with van der Waals surface area (Å²) in [5.74, 6) is -2.74. The highest BCUT2D eigenvalue weighted by Crippen LogP contribution is 2.20. The van der Waals surface area contributed by atoms with Crippen LogP contribution in [0.15, 0.2) is 23.3 Å². The summed E-state index contributed by atoms with van der Waals surface area (Å²) in [4.78, 5) is 43.5. The molecular weight excluding hydrogens is 332 g/mol. The fraction of sp³-hybridized carbons (Fsp3) is 0.500. The number of allylic oxidation sites excluding steroid dienone is 2. The molecule has 3 unspecified atom stereocenters. The Labute approximate surface area is 145 Å². The zero-order valence-corrected chi connectivity index (χ0v) is 14.6. The van der Waals surface area contributed by atoms with Crippen LogP contribution in [0.5, 0.6) is 0 Å². The maximum Gasteiger partial charge on any atom is 0.340 e. The molecule has 2 rings (SSSR count). The Bertz CT molecular complexity index is 630. The molecule has 0 bridgehead atoms. The van der Waals surface area contributed by atoms with Crippen molar-refractivity contribution in [2.24, 2.45) is 17.4 Å². The van der Waals surface area contributed by atoms with Crippen LogP contribution in [0.3, 0.4) is 0 Å². The minimum Gasteiger partial charge on any atom is -0.412 e. The van der Waals surface area contributed by atoms with Crippen molar-refractivity contribution in [2.45, 2.75) is 45.7 Å². The average molecular weight is 356 g/mol. The summed E-state index contributed by atoms with van der Waals surface area (Å²) in [5, 5.41) is 0. The summed E-state index contributed by atoms with van der Waals surface area (Å²) < 4.78 is 8.67. The van der Waals surface area contributed by atoms with Crippen LogP contribution in [0.25, 0.3) is 0 Å². The van der Waals surface area contributed by atoms with Gasteiger partial charge in [-0.05, 0) is 27.7 Å². The molecule has 2 aliphatic rings. The number of cyclic esters (lactones) is 4. The number of hydrogen-bond donors (Lipinski definition) is 2. The fourth-order valence-corrected chi connectivity index (χ4v) is 2.21. The molecule has 2 aliphatic heterocycles. The smallest absolute Gasteiger partial charge is 0.340 e. The number of esters is 4. The first-order valence-electron chi connectivity index (χ1n) is 7.33. The van der Waals surface area contributed by atoms with Gasteiger partial charge in [-0.25, -0.2) is 9.59 Å². The van der Waals surface area contributed by atoms with Gasteiger partial charge in [0.1, 0.15) is 6.04 Å². The van der Waals surface area contributed by atoms with E-state index in [-0.39, 0.29) is 17.8 Å². The minimum absolute atomic E-state index is 0. The first kappa shape index (κ1) is 22.6. The van der Waals surface area contributed by atoms with Gasteiger partial charge in [-0.2, -0.15) is 0 Å². The Hall–Kier alpha value is -2.36. The molecule has 0 aliphatic carbocycles. The highest BCUT2D eigenvalue weighted by atomic mass is 16.6. The van der Waals surface area contributed by atoms with E-state index in [1.54, 1.807) is 19.9 Å². The lowest BCUT2D eigenvalue weighted by molar-refractivity contribution is -0.154. The normalized spacial score (nSPS) is 27.4. The molecule has 2 saturated heterocycles. The third kappa shape index (κ3) is 5.59. The second-order valence-corrected chi connectivity index (χ2v) is 6.19. The molecule has 0 amide bonds. The van der Waals surface area contributed by atoms with E-state index in [1.807, 2.05) is 13.8 Å². The molecule has 2 heterocycles. The Morgan fingerprint density at radius 1 is 1.04 bits per heavy atom. The fourth-order valence-electron chi connectivity index (χ4n) is 2.21. The maximum absolute atomic E-state index is 11.2. The maximum atomic E-state index is 11.2. The molecule has 140 valence electrons. The van der Waals surface area contributed by atoms with Crippen molar-refractivity contribution in [3.05, 3.63) is 23.3 Å². The van der Waals surface area contributed by atoms with Crippen molar-refractivity contribution in [1.29, 1.82) is 0 Å². The van der Waals surface area contributed by atoms with E-state index in [9.17, 15) is 19.2 Å². The number of carbonyl (C=O) groups is 4. The quantitative estimate of drug-likeness (QED) is 0.370. The minimum atomic E-state index is -1.49. The molecular formula is C16H24N2O7. The zero-order valence-electron chi connectivity index (χ0n) is 14.6. The summed E-state index contributed by atoms with van der Waals surface area (Å²) in [6.45, 7) is 7.29. The van der Waals surface area contributed by atoms with Gasteiger partial charge in [0, 0.05) is 0 Å². The highest BCUT2D eigenvalue weighted by molar-refractivity contribution is 6.05. The molecule has 0 aromatic heterocycles. The van der Waals surface area contributed by atoms with E-state index in [0.717, 1.165) is 11.1 Å². The molecule has 25 heavy (non-hydrogen) atoms. The monoisotopic (exact) mass is 356 g/mol. The van der Waals surface area contributed by atoms with Crippen LogP contribution in [0.2, 0.25) is 0 Å². The van der Waals surface area contributed by atoms with E-state index in [0.29, 0.717) is 0 Å². The Morgan fingerprint density at radius 2 is 1.60 bits per heavy atom. The molecule has 0 spiro atoms. The van der Waals surface area contributed by atoms with Gasteiger partial charge in [-0.1, -0.05) is 23.3 Å². The second kappa shape index (κ2) is 8.65. The van der Waals surface area contributed by atoms with Crippen LogP contribution in [0.4, 0.5) is 0 Å². The van der Waals surface area contributed by atoms with E-state index < -0.39 is 35.5 Å². The van der Waals surface area contributed by atoms with Crippen molar-refractivity contribution < 1.29 is 34.1 Å². The Balaban J connectivity index is 0.000000449. The van der Waals surface area contributed by atoms with Crippen LogP contribution < -0.4 is 11.5 Å². The lowest BCUT2D eigenvalue weighted by Crippen LogP contribution is -2.56. The predicted octanol–water partition coefficient (Wildman–Crippen LogP) is -0.722. The molecule has 0 aromatic carbocycles. The number of carbonyl (C=O) groups excluding carboxylic acids is 4. The van der Waals surface area contributed by atoms with Gasteiger partial charge in [-0.3, -0.25) is 9.59 Å². The number of ether oxygens (including phenoxy) is 2. The summed E-state index contributed by atoms with van der Waals surface area (Å²) >= 11 is 0. The third-order valence-corrected chi connectivity index (χ3v) is 3.28. The van der Waals surface area contributed by atoms with Gasteiger partial charge in [0.25, 0.3) is 0 Å². The second-order valence-electron chi connectivity index (χ2n) is 6.19. The molecule has 0 saturated carbocycles. The third-order valence-electron chi connectivity index (χ3n) is 3.28. The van der Waals surface area contributed by atoms with Gasteiger partial charge in [0.2, 0.25) is 0 Å². The average Bonchev–Trinajstić information content (AvgIpc) is 2.82. The van der Waals surface area contributed by atoms with Gasteiger partial charge < -0.3 is 26.4 Å². The van der Waals surface area contributed by atoms with Crippen LogP contribution in [0, 0.1) is 5.92 Å². The molecule has 3 atom stereocenters. The van der Waals surface area contributed by atoms with Crippen molar-refractivity contribution >= 4 is 23.9 Å². The van der Waals surface area contributed by atoms with Gasteiger partial charge in [-0.15, -0.1) is 0 Å². The highest BCUT2D eigenvalue weighted by Gasteiger charge is 2.52. The van der Waals surface area contributed by atoms with Crippen molar-refractivity contribution in [1.82, 2.24) is 0 Å². The first-order chi connectivity index (χ1) is 11.0. The molecule has 9 heteroatoms. The molecule has 9 nitrogen and oxygen atoms in total. The lowest BCUT2D eigenvalue weighted by atomic mass is 9.92. The van der Waals surface area contributed by atoms with E-state index in [2.05, 4.69) is 9.47 Å². The Kier molecular flexibility index (Phi) is 7.84. The van der Waals surface area contributed by atoms with Crippen LogP contribution in [0.1, 0.15) is 34.1 Å². The molecule has 0 aromatic rings. The van der Waals surface area contributed by atoms with Gasteiger partial charge in [0.05, 0.1) is 12.3 Å². The zero-order chi connectivity index (χ0) is 18.7. The summed E-state index contributed by atoms with van der Waals surface area (Å²) in [5.41, 5.74) is 11.4. The summed E-state index contributed by atoms with van der Waals surface area (Å²) in [6, 6.07) is -1.10. The summed E-state index contributed by atoms with van der Waals surface area (Å²) in [6.07, 6.45) is 3.40. The van der Waals surface area contributed by atoms with Gasteiger partial charge in [0.15, 0.2) is 5.54 Å². The lowest BCUT2D eigenvalue weighted by Gasteiger charge is -2.18. The molecule has 6 N–H and O–H groups in total. The van der Waals surface area contributed by atoms with Gasteiger partial charge >= 0.3 is 23.9 Å². The predicted molar refractivity (Wildman–Crippen MR) is 87.7 cm³/mol. The topological polar surface area (TPSA) is 170 Å². The number of rotatable bonds is 2.